The minimum Gasteiger partial charge on any atom is -0.383 e. The minimum absolute atomic E-state index is 0.246. The molecule has 0 radical (unpaired) electrons. The van der Waals surface area contributed by atoms with Gasteiger partial charge in [-0.05, 0) is 88.5 Å². The Labute approximate surface area is 222 Å². The van der Waals surface area contributed by atoms with E-state index in [2.05, 4.69) is 55.0 Å². The summed E-state index contributed by atoms with van der Waals surface area (Å²) in [7, 11) is 6.19. The van der Waals surface area contributed by atoms with E-state index >= 15 is 0 Å². The zero-order chi connectivity index (χ0) is 26.6. The minimum atomic E-state index is -0.838. The van der Waals surface area contributed by atoms with Crippen LogP contribution in [0.1, 0.15) is 79.6 Å². The number of aryl methyl sites for hydroxylation is 1. The molecule has 4 rings (SSSR count). The van der Waals surface area contributed by atoms with Gasteiger partial charge in [-0.2, -0.15) is 0 Å². The van der Waals surface area contributed by atoms with E-state index in [-0.39, 0.29) is 17.7 Å². The monoisotopic (exact) mass is 507 g/mol. The second kappa shape index (κ2) is 12.0. The maximum atomic E-state index is 12.7. The molecule has 0 bridgehead atoms. The van der Waals surface area contributed by atoms with Gasteiger partial charge < -0.3 is 19.8 Å². The fraction of sp³-hybridized carbons (Fsp3) is 0.633. The van der Waals surface area contributed by atoms with Crippen LogP contribution >= 0.6 is 0 Å². The van der Waals surface area contributed by atoms with Gasteiger partial charge in [0.15, 0.2) is 0 Å². The van der Waals surface area contributed by atoms with Crippen molar-refractivity contribution < 1.29 is 9.90 Å². The zero-order valence-corrected chi connectivity index (χ0v) is 23.4. The number of nitrogens with zero attached hydrogens (tertiary/aromatic N) is 5. The van der Waals surface area contributed by atoms with Crippen molar-refractivity contribution in [2.24, 2.45) is 0 Å². The van der Waals surface area contributed by atoms with Gasteiger partial charge in [-0.25, -0.2) is 0 Å². The first-order valence-corrected chi connectivity index (χ1v) is 14.0. The van der Waals surface area contributed by atoms with Crippen LogP contribution in [-0.4, -0.2) is 89.5 Å². The highest BCUT2D eigenvalue weighted by molar-refractivity contribution is 5.78. The van der Waals surface area contributed by atoms with Crippen molar-refractivity contribution in [1.29, 1.82) is 0 Å². The summed E-state index contributed by atoms with van der Waals surface area (Å²) < 4.78 is 0. The first kappa shape index (κ1) is 27.7. The lowest BCUT2D eigenvalue weighted by Gasteiger charge is -2.36. The van der Waals surface area contributed by atoms with E-state index in [0.717, 1.165) is 81.9 Å². The molecule has 202 valence electrons. The molecule has 0 aromatic carbocycles. The molecule has 2 saturated heterocycles. The third-order valence-corrected chi connectivity index (χ3v) is 8.26. The molecule has 1 amide bonds. The molecule has 0 saturated carbocycles. The van der Waals surface area contributed by atoms with Gasteiger partial charge in [0, 0.05) is 62.6 Å². The van der Waals surface area contributed by atoms with E-state index in [1.807, 2.05) is 25.2 Å². The molecule has 1 unspecified atom stereocenters. The molecular weight excluding hydrogens is 462 g/mol. The van der Waals surface area contributed by atoms with Gasteiger partial charge >= 0.3 is 0 Å². The molecule has 2 aromatic heterocycles. The van der Waals surface area contributed by atoms with E-state index < -0.39 is 5.60 Å². The predicted octanol–water partition coefficient (Wildman–Crippen LogP) is 3.57. The van der Waals surface area contributed by atoms with Crippen LogP contribution in [0.3, 0.4) is 0 Å². The van der Waals surface area contributed by atoms with E-state index in [9.17, 15) is 9.90 Å². The van der Waals surface area contributed by atoms with Crippen molar-refractivity contribution in [3.05, 3.63) is 58.7 Å². The number of aromatic nitrogens is 2. The zero-order valence-electron chi connectivity index (χ0n) is 23.4. The summed E-state index contributed by atoms with van der Waals surface area (Å²) in [5, 5.41) is 11.4. The molecule has 2 aliphatic heterocycles. The van der Waals surface area contributed by atoms with Crippen LogP contribution in [-0.2, 0) is 23.2 Å². The summed E-state index contributed by atoms with van der Waals surface area (Å²) in [6.45, 7) is 8.63. The lowest BCUT2D eigenvalue weighted by Crippen LogP contribution is -2.41. The number of aliphatic hydroxyl groups is 1. The molecule has 2 aliphatic rings. The summed E-state index contributed by atoms with van der Waals surface area (Å²) >= 11 is 0. The van der Waals surface area contributed by atoms with Crippen molar-refractivity contribution >= 4 is 5.91 Å². The van der Waals surface area contributed by atoms with E-state index in [0.29, 0.717) is 6.42 Å². The van der Waals surface area contributed by atoms with E-state index in [1.165, 1.54) is 11.1 Å². The van der Waals surface area contributed by atoms with Crippen molar-refractivity contribution in [3.8, 4) is 0 Å². The molecular formula is C30H45N5O2. The number of hydrogen-bond acceptors (Lipinski definition) is 6. The second-order valence-electron chi connectivity index (χ2n) is 11.5. The number of likely N-dealkylation sites (tertiary alicyclic amines) is 2. The van der Waals surface area contributed by atoms with Crippen LogP contribution < -0.4 is 0 Å². The van der Waals surface area contributed by atoms with Gasteiger partial charge in [0.2, 0.25) is 5.91 Å². The first-order chi connectivity index (χ1) is 17.7. The predicted molar refractivity (Wildman–Crippen MR) is 148 cm³/mol. The van der Waals surface area contributed by atoms with Crippen LogP contribution in [0.15, 0.2) is 30.5 Å². The molecule has 2 aromatic rings. The molecule has 0 spiro atoms. The van der Waals surface area contributed by atoms with Crippen LogP contribution in [0.5, 0.6) is 0 Å². The summed E-state index contributed by atoms with van der Waals surface area (Å²) in [6.07, 6.45) is 6.70. The van der Waals surface area contributed by atoms with Crippen molar-refractivity contribution in [2.45, 2.75) is 69.8 Å². The highest BCUT2D eigenvalue weighted by atomic mass is 16.3. The molecule has 7 nitrogen and oxygen atoms in total. The highest BCUT2D eigenvalue weighted by Crippen LogP contribution is 2.33. The Balaban J connectivity index is 1.40. The third kappa shape index (κ3) is 6.95. The van der Waals surface area contributed by atoms with Gasteiger partial charge in [-0.3, -0.25) is 14.8 Å². The average Bonchev–Trinajstić information content (AvgIpc) is 2.89. The van der Waals surface area contributed by atoms with E-state index in [4.69, 9.17) is 9.97 Å². The van der Waals surface area contributed by atoms with Gasteiger partial charge in [-0.1, -0.05) is 19.9 Å². The van der Waals surface area contributed by atoms with Crippen molar-refractivity contribution in [1.82, 2.24) is 24.7 Å². The molecule has 4 heterocycles. The number of piperidine rings is 2. The number of likely N-dealkylation sites (N-methyl/N-ethyl adjacent to an activating group) is 1. The van der Waals surface area contributed by atoms with Gasteiger partial charge in [0.05, 0.1) is 5.69 Å². The summed E-state index contributed by atoms with van der Waals surface area (Å²) in [4.78, 5) is 28.7. The van der Waals surface area contributed by atoms with Crippen LogP contribution in [0.4, 0.5) is 0 Å². The Kier molecular flexibility index (Phi) is 8.98. The van der Waals surface area contributed by atoms with Gasteiger partial charge in [0.1, 0.15) is 5.60 Å². The Morgan fingerprint density at radius 3 is 2.57 bits per heavy atom. The quantitative estimate of drug-likeness (QED) is 0.560. The van der Waals surface area contributed by atoms with E-state index in [1.54, 1.807) is 0 Å². The van der Waals surface area contributed by atoms with Crippen LogP contribution in [0.25, 0.3) is 0 Å². The number of hydrogen-bond donors (Lipinski definition) is 1. The Morgan fingerprint density at radius 1 is 1.19 bits per heavy atom. The maximum Gasteiger partial charge on any atom is 0.223 e. The number of pyridine rings is 2. The van der Waals surface area contributed by atoms with Crippen molar-refractivity contribution in [3.63, 3.8) is 0 Å². The summed E-state index contributed by atoms with van der Waals surface area (Å²) in [5.41, 5.74) is 4.47. The lowest BCUT2D eigenvalue weighted by atomic mass is 9.86. The second-order valence-corrected chi connectivity index (χ2v) is 11.5. The van der Waals surface area contributed by atoms with Gasteiger partial charge in [0.25, 0.3) is 0 Å². The van der Waals surface area contributed by atoms with Crippen LogP contribution in [0.2, 0.25) is 0 Å². The molecule has 0 aliphatic carbocycles. The molecule has 7 heteroatoms. The topological polar surface area (TPSA) is 72.8 Å². The number of carbonyl (C=O) groups is 1. The fourth-order valence-corrected chi connectivity index (χ4v) is 5.56. The fourth-order valence-electron chi connectivity index (χ4n) is 5.56. The highest BCUT2D eigenvalue weighted by Gasteiger charge is 2.35. The number of rotatable bonds is 9. The largest absolute Gasteiger partial charge is 0.383 e. The Bertz CT molecular complexity index is 1050. The number of amides is 1. The smallest absolute Gasteiger partial charge is 0.223 e. The molecule has 37 heavy (non-hydrogen) atoms. The Morgan fingerprint density at radius 2 is 1.95 bits per heavy atom. The lowest BCUT2D eigenvalue weighted by molar-refractivity contribution is -0.134. The maximum absolute atomic E-state index is 12.7. The summed E-state index contributed by atoms with van der Waals surface area (Å²) in [6, 6.07) is 8.60. The summed E-state index contributed by atoms with van der Waals surface area (Å²) in [5.74, 6) is 0.753. The molecule has 1 N–H and O–H groups in total. The molecule has 2 fully saturated rings. The van der Waals surface area contributed by atoms with Crippen LogP contribution in [0, 0.1) is 0 Å². The number of carbonyl (C=O) groups excluding carboxylic acids is 1. The standard InChI is InChI=1S/C30H45N5O2/c1-6-26-18-23(19-28(32-26)30(37)10-13-34(5)14-11-30)17-22(2)27-8-7-25(21-31-27)24-9-12-35(29(36)20-24)16-15-33(3)4/h7-8,18-19,21-22,24,37H,6,9-17,20H2,1-5H3/t22?,24-/m1/s1. The normalized spacial score (nSPS) is 21.4. The average molecular weight is 508 g/mol. The SMILES string of the molecule is CCc1cc(CC(C)c2ccc([C@@H]3CCN(CCN(C)C)C(=O)C3)cn2)cc(C2(O)CCN(C)CC2)n1. The Hall–Kier alpha value is -2.35. The third-order valence-electron chi connectivity index (χ3n) is 8.26. The first-order valence-electron chi connectivity index (χ1n) is 14.0. The van der Waals surface area contributed by atoms with Gasteiger partial charge in [-0.15, -0.1) is 0 Å². The molecule has 2 atom stereocenters. The van der Waals surface area contributed by atoms with Crippen molar-refractivity contribution in [2.75, 3.05) is 53.9 Å².